The zero-order valence-electron chi connectivity index (χ0n) is 15.1. The van der Waals surface area contributed by atoms with Crippen molar-refractivity contribution >= 4 is 33.5 Å². The van der Waals surface area contributed by atoms with E-state index in [0.717, 1.165) is 12.3 Å². The number of anilines is 1. The SMILES string of the molecule is COc1ccc(/C=C/C(=O)OCC(=O)Nc2ccccc2S(C)(=O)=O)cc1F. The maximum atomic E-state index is 13.6. The number of esters is 1. The molecule has 0 aromatic heterocycles. The lowest BCUT2D eigenvalue weighted by atomic mass is 10.2. The predicted molar refractivity (Wildman–Crippen MR) is 101 cm³/mol. The number of amides is 1. The van der Waals surface area contributed by atoms with Crippen LogP contribution in [0, 0.1) is 5.82 Å². The van der Waals surface area contributed by atoms with Crippen molar-refractivity contribution in [2.75, 3.05) is 25.3 Å². The molecule has 7 nitrogen and oxygen atoms in total. The summed E-state index contributed by atoms with van der Waals surface area (Å²) in [5.41, 5.74) is 0.497. The van der Waals surface area contributed by atoms with Gasteiger partial charge in [-0.05, 0) is 35.9 Å². The Hall–Kier alpha value is -3.20. The zero-order chi connectivity index (χ0) is 20.7. The standard InChI is InChI=1S/C19H18FNO6S/c1-26-16-9-7-13(11-14(16)20)8-10-19(23)27-12-18(22)21-15-5-3-4-6-17(15)28(2,24)25/h3-11H,12H2,1-2H3,(H,21,22)/b10-8+. The molecule has 0 bridgehead atoms. The molecule has 0 aliphatic rings. The van der Waals surface area contributed by atoms with Crippen LogP contribution in [0.4, 0.5) is 10.1 Å². The second-order valence-electron chi connectivity index (χ2n) is 5.65. The fourth-order valence-electron chi connectivity index (χ4n) is 2.21. The quantitative estimate of drug-likeness (QED) is 0.559. The van der Waals surface area contributed by atoms with Gasteiger partial charge in [-0.25, -0.2) is 17.6 Å². The van der Waals surface area contributed by atoms with Crippen LogP contribution in [0.15, 0.2) is 53.4 Å². The van der Waals surface area contributed by atoms with Gasteiger partial charge in [0.05, 0.1) is 17.7 Å². The highest BCUT2D eigenvalue weighted by atomic mass is 32.2. The topological polar surface area (TPSA) is 98.8 Å². The minimum Gasteiger partial charge on any atom is -0.494 e. The van der Waals surface area contributed by atoms with E-state index in [-0.39, 0.29) is 16.3 Å². The maximum absolute atomic E-state index is 13.6. The van der Waals surface area contributed by atoms with Crippen LogP contribution in [-0.2, 0) is 24.2 Å². The predicted octanol–water partition coefficient (Wildman–Crippen LogP) is 2.43. The fourth-order valence-corrected chi connectivity index (χ4v) is 3.06. The average molecular weight is 407 g/mol. The van der Waals surface area contributed by atoms with Gasteiger partial charge in [-0.2, -0.15) is 0 Å². The van der Waals surface area contributed by atoms with E-state index in [1.165, 1.54) is 43.5 Å². The van der Waals surface area contributed by atoms with E-state index in [4.69, 9.17) is 9.47 Å². The molecule has 0 heterocycles. The molecule has 0 aliphatic heterocycles. The zero-order valence-corrected chi connectivity index (χ0v) is 16.0. The van der Waals surface area contributed by atoms with Gasteiger partial charge < -0.3 is 14.8 Å². The number of hydrogen-bond acceptors (Lipinski definition) is 6. The summed E-state index contributed by atoms with van der Waals surface area (Å²) < 4.78 is 46.6. The van der Waals surface area contributed by atoms with Crippen LogP contribution < -0.4 is 10.1 Å². The lowest BCUT2D eigenvalue weighted by molar-refractivity contribution is -0.142. The molecule has 2 rings (SSSR count). The second kappa shape index (κ2) is 9.14. The summed E-state index contributed by atoms with van der Waals surface area (Å²) in [6.45, 7) is -0.613. The highest BCUT2D eigenvalue weighted by molar-refractivity contribution is 7.90. The van der Waals surface area contributed by atoms with E-state index in [2.05, 4.69) is 5.32 Å². The number of methoxy groups -OCH3 is 1. The van der Waals surface area contributed by atoms with Gasteiger partial charge in [0.25, 0.3) is 5.91 Å². The average Bonchev–Trinajstić information content (AvgIpc) is 2.64. The van der Waals surface area contributed by atoms with E-state index in [1.54, 1.807) is 12.1 Å². The monoisotopic (exact) mass is 407 g/mol. The third-order valence-electron chi connectivity index (χ3n) is 3.49. The molecular weight excluding hydrogens is 389 g/mol. The Morgan fingerprint density at radius 2 is 1.89 bits per heavy atom. The highest BCUT2D eigenvalue weighted by Crippen LogP contribution is 2.20. The molecular formula is C19H18FNO6S. The molecule has 1 N–H and O–H groups in total. The van der Waals surface area contributed by atoms with E-state index in [0.29, 0.717) is 5.56 Å². The molecule has 0 saturated carbocycles. The number of hydrogen-bond donors (Lipinski definition) is 1. The number of sulfone groups is 1. The van der Waals surface area contributed by atoms with Gasteiger partial charge in [0.1, 0.15) is 0 Å². The van der Waals surface area contributed by atoms with Crippen molar-refractivity contribution in [3.63, 3.8) is 0 Å². The van der Waals surface area contributed by atoms with Gasteiger partial charge in [-0.3, -0.25) is 4.79 Å². The van der Waals surface area contributed by atoms with Gasteiger partial charge in [-0.1, -0.05) is 18.2 Å². The largest absolute Gasteiger partial charge is 0.494 e. The summed E-state index contributed by atoms with van der Waals surface area (Å²) in [7, 11) is -2.19. The molecule has 9 heteroatoms. The number of rotatable bonds is 7. The fraction of sp³-hybridized carbons (Fsp3) is 0.158. The first-order valence-electron chi connectivity index (χ1n) is 7.98. The van der Waals surface area contributed by atoms with Crippen molar-refractivity contribution in [2.24, 2.45) is 0 Å². The molecule has 0 radical (unpaired) electrons. The number of carbonyl (C=O) groups is 2. The number of carbonyl (C=O) groups excluding carboxylic acids is 2. The lowest BCUT2D eigenvalue weighted by Crippen LogP contribution is -2.21. The minimum absolute atomic E-state index is 0.0453. The molecule has 28 heavy (non-hydrogen) atoms. The molecule has 0 aliphatic carbocycles. The van der Waals surface area contributed by atoms with Crippen molar-refractivity contribution < 1.29 is 31.9 Å². The van der Waals surface area contributed by atoms with Crippen molar-refractivity contribution in [3.8, 4) is 5.75 Å². The number of ether oxygens (including phenoxy) is 2. The molecule has 0 atom stereocenters. The Morgan fingerprint density at radius 3 is 2.54 bits per heavy atom. The Kier molecular flexibility index (Phi) is 6.89. The molecule has 0 saturated heterocycles. The van der Waals surface area contributed by atoms with Gasteiger partial charge >= 0.3 is 5.97 Å². The molecule has 0 fully saturated rings. The van der Waals surface area contributed by atoms with Crippen LogP contribution in [0.2, 0.25) is 0 Å². The Labute approximate surface area is 161 Å². The minimum atomic E-state index is -3.53. The second-order valence-corrected chi connectivity index (χ2v) is 7.64. The summed E-state index contributed by atoms with van der Waals surface area (Å²) in [6.07, 6.45) is 3.38. The highest BCUT2D eigenvalue weighted by Gasteiger charge is 2.15. The van der Waals surface area contributed by atoms with Gasteiger partial charge in [0.15, 0.2) is 28.0 Å². The first kappa shape index (κ1) is 21.1. The van der Waals surface area contributed by atoms with E-state index in [1.807, 2.05) is 0 Å². The third-order valence-corrected chi connectivity index (χ3v) is 4.65. The molecule has 2 aromatic carbocycles. The van der Waals surface area contributed by atoms with Gasteiger partial charge in [0.2, 0.25) is 0 Å². The molecule has 2 aromatic rings. The van der Waals surface area contributed by atoms with Crippen LogP contribution in [0.5, 0.6) is 5.75 Å². The van der Waals surface area contributed by atoms with Crippen molar-refractivity contribution in [2.45, 2.75) is 4.90 Å². The van der Waals surface area contributed by atoms with E-state index in [9.17, 15) is 22.4 Å². The van der Waals surface area contributed by atoms with Crippen LogP contribution in [-0.4, -0.2) is 40.3 Å². The summed E-state index contributed by atoms with van der Waals surface area (Å²) in [6, 6.07) is 10.00. The Bertz CT molecular complexity index is 1020. The smallest absolute Gasteiger partial charge is 0.331 e. The molecule has 148 valence electrons. The Morgan fingerprint density at radius 1 is 1.18 bits per heavy atom. The molecule has 0 spiro atoms. The van der Waals surface area contributed by atoms with E-state index >= 15 is 0 Å². The van der Waals surface area contributed by atoms with Crippen LogP contribution in [0.1, 0.15) is 5.56 Å². The molecule has 1 amide bonds. The number of benzene rings is 2. The number of para-hydroxylation sites is 1. The van der Waals surface area contributed by atoms with Crippen molar-refractivity contribution in [1.29, 1.82) is 0 Å². The van der Waals surface area contributed by atoms with Crippen LogP contribution >= 0.6 is 0 Å². The molecule has 0 unspecified atom stereocenters. The van der Waals surface area contributed by atoms with Gasteiger partial charge in [-0.15, -0.1) is 0 Å². The lowest BCUT2D eigenvalue weighted by Gasteiger charge is -2.09. The summed E-state index contributed by atoms with van der Waals surface area (Å²) >= 11 is 0. The van der Waals surface area contributed by atoms with Crippen molar-refractivity contribution in [1.82, 2.24) is 0 Å². The first-order valence-corrected chi connectivity index (χ1v) is 9.87. The van der Waals surface area contributed by atoms with Crippen LogP contribution in [0.3, 0.4) is 0 Å². The van der Waals surface area contributed by atoms with Crippen LogP contribution in [0.25, 0.3) is 6.08 Å². The summed E-state index contributed by atoms with van der Waals surface area (Å²) in [4.78, 5) is 23.6. The number of halogens is 1. The number of nitrogens with one attached hydrogen (secondary N) is 1. The van der Waals surface area contributed by atoms with Crippen molar-refractivity contribution in [3.05, 3.63) is 59.9 Å². The normalized spacial score (nSPS) is 11.2. The summed E-state index contributed by atoms with van der Waals surface area (Å²) in [5.74, 6) is -2.02. The maximum Gasteiger partial charge on any atom is 0.331 e. The van der Waals surface area contributed by atoms with E-state index < -0.39 is 34.1 Å². The van der Waals surface area contributed by atoms with Gasteiger partial charge in [0, 0.05) is 12.3 Å². The first-order chi connectivity index (χ1) is 13.2. The third kappa shape index (κ3) is 5.92. The summed E-state index contributed by atoms with van der Waals surface area (Å²) in [5, 5.41) is 2.38. The Balaban J connectivity index is 1.93.